The van der Waals surface area contributed by atoms with Crippen LogP contribution in [0.5, 0.6) is 0 Å². The smallest absolute Gasteiger partial charge is 0.255 e. The number of allylic oxidation sites excluding steroid dienone is 1. The number of aryl methyl sites for hydroxylation is 1. The molecule has 2 aromatic carbocycles. The topological polar surface area (TPSA) is 88.9 Å². The molecule has 1 unspecified atom stereocenters. The van der Waals surface area contributed by atoms with E-state index in [9.17, 15) is 9.59 Å². The van der Waals surface area contributed by atoms with Crippen molar-refractivity contribution in [2.75, 3.05) is 16.4 Å². The first kappa shape index (κ1) is 23.1. The molecule has 1 atom stereocenters. The van der Waals surface area contributed by atoms with Crippen LogP contribution in [0, 0.1) is 6.92 Å². The lowest BCUT2D eigenvalue weighted by Gasteiger charge is -2.27. The van der Waals surface area contributed by atoms with E-state index < -0.39 is 6.04 Å². The maximum Gasteiger partial charge on any atom is 0.255 e. The number of carbonyl (C=O) groups is 2. The van der Waals surface area contributed by atoms with E-state index in [-0.39, 0.29) is 17.4 Å². The number of carbonyl (C=O) groups excluding carboxylic acids is 2. The van der Waals surface area contributed by atoms with Gasteiger partial charge < -0.3 is 10.6 Å². The van der Waals surface area contributed by atoms with Crippen LogP contribution >= 0.6 is 23.1 Å². The lowest BCUT2D eigenvalue weighted by Crippen LogP contribution is -2.31. The summed E-state index contributed by atoms with van der Waals surface area (Å²) in [7, 11) is 0. The number of amides is 1. The summed E-state index contributed by atoms with van der Waals surface area (Å²) < 4.78 is 1.73. The van der Waals surface area contributed by atoms with E-state index in [4.69, 9.17) is 0 Å². The quantitative estimate of drug-likeness (QED) is 0.255. The van der Waals surface area contributed by atoms with Gasteiger partial charge in [0.05, 0.1) is 11.3 Å². The van der Waals surface area contributed by atoms with Crippen molar-refractivity contribution < 1.29 is 9.59 Å². The van der Waals surface area contributed by atoms with Crippen molar-refractivity contribution in [2.24, 2.45) is 0 Å². The predicted molar refractivity (Wildman–Crippen MR) is 140 cm³/mol. The zero-order chi connectivity index (χ0) is 24.4. The fourth-order valence-corrected chi connectivity index (χ4v) is 5.41. The number of benzene rings is 2. The predicted octanol–water partition coefficient (Wildman–Crippen LogP) is 5.55. The Morgan fingerprint density at radius 1 is 1.06 bits per heavy atom. The molecular weight excluding hydrogens is 478 g/mol. The summed E-state index contributed by atoms with van der Waals surface area (Å²) in [6, 6.07) is 20.4. The molecule has 2 N–H and O–H groups in total. The van der Waals surface area contributed by atoms with E-state index in [1.807, 2.05) is 86.0 Å². The molecule has 9 heteroatoms. The molecule has 0 bridgehead atoms. The van der Waals surface area contributed by atoms with E-state index in [0.717, 1.165) is 16.1 Å². The number of thiophene rings is 1. The van der Waals surface area contributed by atoms with Crippen molar-refractivity contribution in [1.29, 1.82) is 0 Å². The molecule has 1 amide bonds. The van der Waals surface area contributed by atoms with Crippen molar-refractivity contribution in [1.82, 2.24) is 14.8 Å². The molecule has 0 radical (unpaired) electrons. The maximum absolute atomic E-state index is 13.4. The lowest BCUT2D eigenvalue weighted by molar-refractivity contribution is -0.113. The summed E-state index contributed by atoms with van der Waals surface area (Å²) in [6.07, 6.45) is 0. The Labute approximate surface area is 211 Å². The number of rotatable bonds is 7. The SMILES string of the molecule is CC1=C(C(=O)Nc2ccccc2)C(c2cccs2)n2nc(SCC(=O)c3ccc(C)cc3)nc2N1. The standard InChI is InChI=1S/C26H23N5O2S2/c1-16-10-12-18(13-11-16)20(32)15-35-26-29-25-27-17(2)22(24(33)28-19-7-4-3-5-8-19)23(31(25)30-26)21-9-6-14-34-21/h3-14,23H,15H2,1-2H3,(H,28,33)(H,27,29,30). The summed E-state index contributed by atoms with van der Waals surface area (Å²) >= 11 is 2.84. The second-order valence-corrected chi connectivity index (χ2v) is 10.1. The molecule has 0 aliphatic carbocycles. The lowest BCUT2D eigenvalue weighted by atomic mass is 10.0. The van der Waals surface area contributed by atoms with Crippen LogP contribution in [0.2, 0.25) is 0 Å². The number of nitrogens with one attached hydrogen (secondary N) is 2. The number of fused-ring (bicyclic) bond motifs is 1. The largest absolute Gasteiger partial charge is 0.328 e. The van der Waals surface area contributed by atoms with Gasteiger partial charge in [0.1, 0.15) is 6.04 Å². The Hall–Kier alpha value is -3.69. The summed E-state index contributed by atoms with van der Waals surface area (Å²) in [5.74, 6) is 0.582. The number of thioether (sulfide) groups is 1. The average Bonchev–Trinajstić information content (AvgIpc) is 3.52. The van der Waals surface area contributed by atoms with Gasteiger partial charge in [-0.1, -0.05) is 65.9 Å². The van der Waals surface area contributed by atoms with E-state index in [1.54, 1.807) is 16.0 Å². The van der Waals surface area contributed by atoms with Gasteiger partial charge in [-0.2, -0.15) is 4.98 Å². The third-order valence-corrected chi connectivity index (χ3v) is 7.39. The number of ketones is 1. The Kier molecular flexibility index (Phi) is 6.52. The van der Waals surface area contributed by atoms with Crippen LogP contribution in [0.15, 0.2) is 88.5 Å². The van der Waals surface area contributed by atoms with Crippen LogP contribution in [-0.2, 0) is 4.79 Å². The van der Waals surface area contributed by atoms with E-state index in [2.05, 4.69) is 20.7 Å². The summed E-state index contributed by atoms with van der Waals surface area (Å²) in [4.78, 5) is 31.6. The van der Waals surface area contributed by atoms with Crippen molar-refractivity contribution in [3.63, 3.8) is 0 Å². The minimum absolute atomic E-state index is 0.0165. The highest BCUT2D eigenvalue weighted by atomic mass is 32.2. The van der Waals surface area contributed by atoms with Gasteiger partial charge in [0.2, 0.25) is 11.1 Å². The number of hydrogen-bond acceptors (Lipinski definition) is 7. The fourth-order valence-electron chi connectivity index (χ4n) is 3.87. The first-order valence-electron chi connectivity index (χ1n) is 11.1. The molecule has 0 spiro atoms. The van der Waals surface area contributed by atoms with Gasteiger partial charge >= 0.3 is 0 Å². The van der Waals surface area contributed by atoms with Crippen LogP contribution in [0.1, 0.15) is 33.8 Å². The van der Waals surface area contributed by atoms with Crippen LogP contribution in [0.3, 0.4) is 0 Å². The molecule has 7 nitrogen and oxygen atoms in total. The Morgan fingerprint density at radius 2 is 1.83 bits per heavy atom. The molecule has 0 fully saturated rings. The number of Topliss-reactive ketones (excluding diaryl/α,β-unsaturated/α-hetero) is 1. The molecule has 0 saturated heterocycles. The monoisotopic (exact) mass is 501 g/mol. The van der Waals surface area contributed by atoms with Crippen molar-refractivity contribution in [2.45, 2.75) is 25.0 Å². The summed E-state index contributed by atoms with van der Waals surface area (Å²) in [5, 5.41) is 13.4. The van der Waals surface area contributed by atoms with E-state index in [1.165, 1.54) is 11.8 Å². The van der Waals surface area contributed by atoms with Crippen LogP contribution in [0.4, 0.5) is 11.6 Å². The number of hydrogen-bond donors (Lipinski definition) is 2. The number of nitrogens with zero attached hydrogens (tertiary/aromatic N) is 3. The molecule has 5 rings (SSSR count). The minimum atomic E-state index is -0.426. The first-order valence-corrected chi connectivity index (χ1v) is 12.9. The van der Waals surface area contributed by atoms with Crippen LogP contribution in [-0.4, -0.2) is 32.2 Å². The van der Waals surface area contributed by atoms with Gasteiger partial charge in [0.25, 0.3) is 5.91 Å². The van der Waals surface area contributed by atoms with Gasteiger partial charge in [0.15, 0.2) is 5.78 Å². The molecule has 35 heavy (non-hydrogen) atoms. The first-order chi connectivity index (χ1) is 17.0. The average molecular weight is 502 g/mol. The third kappa shape index (κ3) is 4.91. The Balaban J connectivity index is 1.40. The van der Waals surface area contributed by atoms with Crippen LogP contribution in [0.25, 0.3) is 0 Å². The highest BCUT2D eigenvalue weighted by Gasteiger charge is 2.35. The summed E-state index contributed by atoms with van der Waals surface area (Å²) in [5.41, 5.74) is 3.78. The van der Waals surface area contributed by atoms with Crippen molar-refractivity contribution >= 4 is 46.4 Å². The van der Waals surface area contributed by atoms with Crippen molar-refractivity contribution in [3.8, 4) is 0 Å². The highest BCUT2D eigenvalue weighted by Crippen LogP contribution is 2.38. The number of aromatic nitrogens is 3. The van der Waals surface area contributed by atoms with Gasteiger partial charge in [-0.3, -0.25) is 9.59 Å². The normalized spacial score (nSPS) is 14.9. The minimum Gasteiger partial charge on any atom is -0.328 e. The molecule has 3 heterocycles. The molecule has 1 aliphatic heterocycles. The van der Waals surface area contributed by atoms with Crippen molar-refractivity contribution in [3.05, 3.63) is 99.4 Å². The maximum atomic E-state index is 13.4. The number of para-hydroxylation sites is 1. The molecular formula is C26H23N5O2S2. The molecule has 1 aliphatic rings. The zero-order valence-corrected chi connectivity index (χ0v) is 20.8. The molecule has 4 aromatic rings. The van der Waals surface area contributed by atoms with Gasteiger partial charge in [-0.05, 0) is 37.4 Å². The van der Waals surface area contributed by atoms with Gasteiger partial charge in [-0.15, -0.1) is 16.4 Å². The molecule has 176 valence electrons. The Bertz CT molecular complexity index is 1390. The second kappa shape index (κ2) is 9.89. The molecule has 0 saturated carbocycles. The molecule has 2 aromatic heterocycles. The van der Waals surface area contributed by atoms with E-state index in [0.29, 0.717) is 27.9 Å². The second-order valence-electron chi connectivity index (χ2n) is 8.14. The highest BCUT2D eigenvalue weighted by molar-refractivity contribution is 7.99. The van der Waals surface area contributed by atoms with E-state index >= 15 is 0 Å². The zero-order valence-electron chi connectivity index (χ0n) is 19.2. The third-order valence-electron chi connectivity index (χ3n) is 5.63. The van der Waals surface area contributed by atoms with Crippen LogP contribution < -0.4 is 10.6 Å². The van der Waals surface area contributed by atoms with Gasteiger partial charge in [-0.25, -0.2) is 4.68 Å². The van der Waals surface area contributed by atoms with Gasteiger partial charge in [0, 0.05) is 21.8 Å². The Morgan fingerprint density at radius 3 is 2.54 bits per heavy atom. The summed E-state index contributed by atoms with van der Waals surface area (Å²) in [6.45, 7) is 3.86. The number of anilines is 2. The fraction of sp³-hybridized carbons (Fsp3) is 0.154.